The van der Waals surface area contributed by atoms with Crippen molar-refractivity contribution in [2.45, 2.75) is 58.8 Å². The minimum Gasteiger partial charge on any atom is -0.359 e. The van der Waals surface area contributed by atoms with E-state index in [1.165, 1.54) is 36.9 Å². The Morgan fingerprint density at radius 1 is 1.28 bits per heavy atom. The first-order chi connectivity index (χ1) is 8.74. The van der Waals surface area contributed by atoms with E-state index in [0.29, 0.717) is 6.73 Å². The number of ether oxygens (including phenoxy) is 1. The Bertz CT molecular complexity index is 419. The fourth-order valence-corrected chi connectivity index (χ4v) is 2.24. The molecule has 2 saturated carbocycles. The Balaban J connectivity index is 1.56. The highest BCUT2D eigenvalue weighted by atomic mass is 16.5. The van der Waals surface area contributed by atoms with E-state index in [1.54, 1.807) is 0 Å². The summed E-state index contributed by atoms with van der Waals surface area (Å²) in [4.78, 5) is 0. The summed E-state index contributed by atoms with van der Waals surface area (Å²) in [6.07, 6.45) is 5.34. The molecule has 1 heterocycles. The zero-order valence-corrected chi connectivity index (χ0v) is 11.4. The molecule has 0 atom stereocenters. The average molecular weight is 249 g/mol. The summed E-state index contributed by atoms with van der Waals surface area (Å²) in [6.45, 7) is 6.68. The quantitative estimate of drug-likeness (QED) is 0.804. The highest BCUT2D eigenvalue weighted by Crippen LogP contribution is 2.29. The van der Waals surface area contributed by atoms with Crippen LogP contribution in [0.4, 0.5) is 0 Å². The van der Waals surface area contributed by atoms with Gasteiger partial charge in [0.05, 0.1) is 12.3 Å². The first-order valence-electron chi connectivity index (χ1n) is 7.08. The first kappa shape index (κ1) is 12.2. The van der Waals surface area contributed by atoms with Gasteiger partial charge in [0.15, 0.2) is 0 Å². The number of nitrogens with zero attached hydrogens (tertiary/aromatic N) is 2. The van der Waals surface area contributed by atoms with Gasteiger partial charge in [-0.3, -0.25) is 0 Å². The van der Waals surface area contributed by atoms with Crippen molar-refractivity contribution in [3.63, 3.8) is 0 Å². The van der Waals surface area contributed by atoms with Crippen molar-refractivity contribution < 1.29 is 4.74 Å². The SMILES string of the molecule is Cc1nn(COCC2CC2)c(C)c1CNC1CC1. The monoisotopic (exact) mass is 249 g/mol. The Labute approximate surface area is 109 Å². The fourth-order valence-electron chi connectivity index (χ4n) is 2.24. The summed E-state index contributed by atoms with van der Waals surface area (Å²) in [5.41, 5.74) is 3.73. The standard InChI is InChI=1S/C14H23N3O/c1-10-14(7-15-13-5-6-13)11(2)17(16-10)9-18-8-12-3-4-12/h12-13,15H,3-9H2,1-2H3. The van der Waals surface area contributed by atoms with Crippen LogP contribution in [-0.2, 0) is 18.0 Å². The first-order valence-corrected chi connectivity index (χ1v) is 7.08. The molecule has 2 fully saturated rings. The van der Waals surface area contributed by atoms with Crippen molar-refractivity contribution in [3.05, 3.63) is 17.0 Å². The fraction of sp³-hybridized carbons (Fsp3) is 0.786. The normalized spacial score (nSPS) is 19.4. The molecule has 0 aromatic carbocycles. The smallest absolute Gasteiger partial charge is 0.139 e. The molecule has 3 rings (SSSR count). The van der Waals surface area contributed by atoms with Crippen LogP contribution in [0.1, 0.15) is 42.6 Å². The third-order valence-electron chi connectivity index (χ3n) is 3.94. The second-order valence-corrected chi connectivity index (χ2v) is 5.75. The van der Waals surface area contributed by atoms with Crippen LogP contribution >= 0.6 is 0 Å². The predicted octanol–water partition coefficient (Wildman–Crippen LogP) is 2.14. The molecule has 0 saturated heterocycles. The highest BCUT2D eigenvalue weighted by Gasteiger charge is 2.23. The van der Waals surface area contributed by atoms with E-state index < -0.39 is 0 Å². The second-order valence-electron chi connectivity index (χ2n) is 5.75. The number of aromatic nitrogens is 2. The van der Waals surface area contributed by atoms with Crippen LogP contribution in [-0.4, -0.2) is 22.4 Å². The molecule has 18 heavy (non-hydrogen) atoms. The van der Waals surface area contributed by atoms with Gasteiger partial charge < -0.3 is 10.1 Å². The van der Waals surface area contributed by atoms with Gasteiger partial charge in [0.1, 0.15) is 6.73 Å². The Kier molecular flexibility index (Phi) is 3.39. The molecule has 0 spiro atoms. The molecular formula is C14H23N3O. The summed E-state index contributed by atoms with van der Waals surface area (Å²) in [5.74, 6) is 0.818. The van der Waals surface area contributed by atoms with E-state index >= 15 is 0 Å². The van der Waals surface area contributed by atoms with Gasteiger partial charge in [0.2, 0.25) is 0 Å². The Morgan fingerprint density at radius 3 is 2.72 bits per heavy atom. The van der Waals surface area contributed by atoms with Gasteiger partial charge in [0, 0.05) is 23.8 Å². The molecule has 2 aliphatic carbocycles. The second kappa shape index (κ2) is 5.02. The van der Waals surface area contributed by atoms with Crippen molar-refractivity contribution in [3.8, 4) is 0 Å². The number of nitrogens with one attached hydrogen (secondary N) is 1. The summed E-state index contributed by atoms with van der Waals surface area (Å²) in [5, 5.41) is 8.14. The molecular weight excluding hydrogens is 226 g/mol. The summed E-state index contributed by atoms with van der Waals surface area (Å²) in [6, 6.07) is 0.748. The number of hydrogen-bond acceptors (Lipinski definition) is 3. The minimum absolute atomic E-state index is 0.604. The molecule has 4 heteroatoms. The zero-order chi connectivity index (χ0) is 12.5. The van der Waals surface area contributed by atoms with Crippen molar-refractivity contribution in [2.75, 3.05) is 6.61 Å². The molecule has 1 N–H and O–H groups in total. The van der Waals surface area contributed by atoms with Crippen LogP contribution in [0.2, 0.25) is 0 Å². The van der Waals surface area contributed by atoms with Gasteiger partial charge in [-0.15, -0.1) is 0 Å². The lowest BCUT2D eigenvalue weighted by Crippen LogP contribution is -2.16. The summed E-state index contributed by atoms with van der Waals surface area (Å²) < 4.78 is 7.71. The highest BCUT2D eigenvalue weighted by molar-refractivity contribution is 5.24. The maximum absolute atomic E-state index is 5.71. The third-order valence-corrected chi connectivity index (χ3v) is 3.94. The van der Waals surface area contributed by atoms with Crippen LogP contribution in [0, 0.1) is 19.8 Å². The number of aryl methyl sites for hydroxylation is 1. The van der Waals surface area contributed by atoms with Crippen LogP contribution in [0.15, 0.2) is 0 Å². The van der Waals surface area contributed by atoms with Gasteiger partial charge in [-0.1, -0.05) is 0 Å². The van der Waals surface area contributed by atoms with Crippen molar-refractivity contribution >= 4 is 0 Å². The lowest BCUT2D eigenvalue weighted by atomic mass is 10.2. The van der Waals surface area contributed by atoms with Crippen molar-refractivity contribution in [1.29, 1.82) is 0 Å². The molecule has 1 aromatic heterocycles. The number of hydrogen-bond donors (Lipinski definition) is 1. The topological polar surface area (TPSA) is 39.1 Å². The minimum atomic E-state index is 0.604. The summed E-state index contributed by atoms with van der Waals surface area (Å²) >= 11 is 0. The average Bonchev–Trinajstić information content (AvgIpc) is 3.22. The molecule has 100 valence electrons. The number of rotatable bonds is 7. The van der Waals surface area contributed by atoms with Crippen LogP contribution in [0.5, 0.6) is 0 Å². The van der Waals surface area contributed by atoms with Gasteiger partial charge >= 0.3 is 0 Å². The molecule has 0 radical (unpaired) electrons. The Hall–Kier alpha value is -0.870. The maximum Gasteiger partial charge on any atom is 0.139 e. The zero-order valence-electron chi connectivity index (χ0n) is 11.4. The van der Waals surface area contributed by atoms with Gasteiger partial charge in [-0.2, -0.15) is 5.10 Å². The van der Waals surface area contributed by atoms with E-state index in [0.717, 1.165) is 30.8 Å². The van der Waals surface area contributed by atoms with Crippen LogP contribution in [0.25, 0.3) is 0 Å². The van der Waals surface area contributed by atoms with Gasteiger partial charge in [-0.05, 0) is 45.4 Å². The lowest BCUT2D eigenvalue weighted by molar-refractivity contribution is 0.0597. The molecule has 0 unspecified atom stereocenters. The molecule has 4 nitrogen and oxygen atoms in total. The molecule has 2 aliphatic rings. The maximum atomic E-state index is 5.71. The largest absolute Gasteiger partial charge is 0.359 e. The predicted molar refractivity (Wildman–Crippen MR) is 70.2 cm³/mol. The van der Waals surface area contributed by atoms with E-state index in [2.05, 4.69) is 24.3 Å². The van der Waals surface area contributed by atoms with Crippen LogP contribution in [0.3, 0.4) is 0 Å². The third kappa shape index (κ3) is 2.93. The Morgan fingerprint density at radius 2 is 2.06 bits per heavy atom. The van der Waals surface area contributed by atoms with Gasteiger partial charge in [-0.25, -0.2) is 4.68 Å². The summed E-state index contributed by atoms with van der Waals surface area (Å²) in [7, 11) is 0. The van der Waals surface area contributed by atoms with Crippen LogP contribution < -0.4 is 5.32 Å². The van der Waals surface area contributed by atoms with E-state index in [-0.39, 0.29) is 0 Å². The van der Waals surface area contributed by atoms with Crippen molar-refractivity contribution in [2.24, 2.45) is 5.92 Å². The molecule has 1 aromatic rings. The van der Waals surface area contributed by atoms with E-state index in [9.17, 15) is 0 Å². The molecule has 0 amide bonds. The molecule has 0 bridgehead atoms. The van der Waals surface area contributed by atoms with E-state index in [4.69, 9.17) is 4.74 Å². The van der Waals surface area contributed by atoms with Crippen molar-refractivity contribution in [1.82, 2.24) is 15.1 Å². The van der Waals surface area contributed by atoms with E-state index in [1.807, 2.05) is 4.68 Å². The molecule has 0 aliphatic heterocycles. The van der Waals surface area contributed by atoms with Gasteiger partial charge in [0.25, 0.3) is 0 Å². The lowest BCUT2D eigenvalue weighted by Gasteiger charge is -2.07.